The first kappa shape index (κ1) is 34.1. The smallest absolute Gasteiger partial charge is 0.326 e. The van der Waals surface area contributed by atoms with Crippen molar-refractivity contribution in [1.29, 1.82) is 0 Å². The molecule has 0 saturated heterocycles. The van der Waals surface area contributed by atoms with Gasteiger partial charge in [-0.25, -0.2) is 4.79 Å². The molecule has 4 atom stereocenters. The van der Waals surface area contributed by atoms with Gasteiger partial charge >= 0.3 is 5.97 Å². The zero-order valence-electron chi connectivity index (χ0n) is 23.7. The SMILES string of the molecule is CSCCC(NC(=O)C(N)CCCCN)C(=O)NC(CCCCN)C(=O)NC(Cc1c[nH]c2ccccc12)C(=O)O. The lowest BCUT2D eigenvalue weighted by Gasteiger charge is -2.25. The molecule has 0 aliphatic rings. The number of hydrogen-bond acceptors (Lipinski definition) is 8. The maximum absolute atomic E-state index is 13.3. The van der Waals surface area contributed by atoms with E-state index in [0.717, 1.165) is 22.9 Å². The number of nitrogens with two attached hydrogens (primary N) is 3. The molecule has 228 valence electrons. The van der Waals surface area contributed by atoms with Crippen LogP contribution in [-0.4, -0.2) is 83.0 Å². The van der Waals surface area contributed by atoms with Crippen molar-refractivity contribution in [3.8, 4) is 0 Å². The summed E-state index contributed by atoms with van der Waals surface area (Å²) in [5.41, 5.74) is 18.8. The number of aliphatic carboxylic acids is 1. The minimum Gasteiger partial charge on any atom is -0.480 e. The molecule has 1 aromatic heterocycles. The van der Waals surface area contributed by atoms with Gasteiger partial charge in [-0.3, -0.25) is 14.4 Å². The Morgan fingerprint density at radius 3 is 2.07 bits per heavy atom. The van der Waals surface area contributed by atoms with Crippen molar-refractivity contribution < 1.29 is 24.3 Å². The fourth-order valence-electron chi connectivity index (χ4n) is 4.45. The average molecular weight is 592 g/mol. The fraction of sp³-hybridized carbons (Fsp3) is 0.571. The minimum atomic E-state index is -1.21. The number of aromatic nitrogens is 1. The van der Waals surface area contributed by atoms with Crippen molar-refractivity contribution in [2.45, 2.75) is 75.5 Å². The summed E-state index contributed by atoms with van der Waals surface area (Å²) in [6, 6.07) is 3.59. The number of carboxylic acid groups (broad SMARTS) is 1. The molecule has 2 aromatic rings. The molecule has 0 radical (unpaired) electrons. The predicted octanol–water partition coefficient (Wildman–Crippen LogP) is 0.588. The van der Waals surface area contributed by atoms with Crippen LogP contribution in [0.15, 0.2) is 30.5 Å². The van der Waals surface area contributed by atoms with E-state index in [4.69, 9.17) is 17.2 Å². The fourth-order valence-corrected chi connectivity index (χ4v) is 4.92. The quantitative estimate of drug-likeness (QED) is 0.101. The summed E-state index contributed by atoms with van der Waals surface area (Å²) in [5.74, 6) is -2.19. The maximum Gasteiger partial charge on any atom is 0.326 e. The van der Waals surface area contributed by atoms with Gasteiger partial charge in [0.1, 0.15) is 18.1 Å². The van der Waals surface area contributed by atoms with Gasteiger partial charge in [0.15, 0.2) is 0 Å². The second kappa shape index (κ2) is 18.3. The highest BCUT2D eigenvalue weighted by Crippen LogP contribution is 2.19. The van der Waals surface area contributed by atoms with Crippen molar-refractivity contribution in [3.05, 3.63) is 36.0 Å². The number of nitrogens with one attached hydrogen (secondary N) is 4. The van der Waals surface area contributed by atoms with Crippen LogP contribution in [0.2, 0.25) is 0 Å². The number of carbonyl (C=O) groups excluding carboxylic acids is 3. The molecular formula is C28H45N7O5S. The van der Waals surface area contributed by atoms with Crippen molar-refractivity contribution in [3.63, 3.8) is 0 Å². The Kier molecular flexibility index (Phi) is 15.2. The highest BCUT2D eigenvalue weighted by atomic mass is 32.2. The van der Waals surface area contributed by atoms with Crippen LogP contribution >= 0.6 is 11.8 Å². The Morgan fingerprint density at radius 2 is 1.44 bits per heavy atom. The molecule has 13 heteroatoms. The zero-order chi connectivity index (χ0) is 30.2. The van der Waals surface area contributed by atoms with E-state index in [-0.39, 0.29) is 12.8 Å². The van der Waals surface area contributed by atoms with Gasteiger partial charge in [-0.2, -0.15) is 11.8 Å². The first-order chi connectivity index (χ1) is 19.7. The van der Waals surface area contributed by atoms with Crippen LogP contribution < -0.4 is 33.2 Å². The van der Waals surface area contributed by atoms with Crippen molar-refractivity contribution in [2.24, 2.45) is 17.2 Å². The molecule has 1 heterocycles. The molecule has 1 aromatic carbocycles. The van der Waals surface area contributed by atoms with E-state index in [9.17, 15) is 24.3 Å². The number of H-pyrrole nitrogens is 1. The third-order valence-corrected chi connectivity index (χ3v) is 7.49. The molecule has 0 aliphatic heterocycles. The first-order valence-electron chi connectivity index (χ1n) is 14.0. The number of fused-ring (bicyclic) bond motifs is 1. The summed E-state index contributed by atoms with van der Waals surface area (Å²) in [5, 5.41) is 18.8. The van der Waals surface area contributed by atoms with E-state index in [1.54, 1.807) is 6.20 Å². The third kappa shape index (κ3) is 11.3. The lowest BCUT2D eigenvalue weighted by molar-refractivity contribution is -0.142. The summed E-state index contributed by atoms with van der Waals surface area (Å²) >= 11 is 1.52. The molecule has 0 saturated carbocycles. The summed E-state index contributed by atoms with van der Waals surface area (Å²) in [7, 11) is 0. The number of hydrogen-bond donors (Lipinski definition) is 8. The van der Waals surface area contributed by atoms with Crippen molar-refractivity contribution in [1.82, 2.24) is 20.9 Å². The molecule has 3 amide bonds. The Bertz CT molecular complexity index is 1130. The van der Waals surface area contributed by atoms with Gasteiger partial charge in [0.05, 0.1) is 6.04 Å². The molecule has 4 unspecified atom stereocenters. The first-order valence-corrected chi connectivity index (χ1v) is 15.4. The number of para-hydroxylation sites is 1. The van der Waals surface area contributed by atoms with Gasteiger partial charge in [-0.15, -0.1) is 0 Å². The lowest BCUT2D eigenvalue weighted by atomic mass is 10.0. The van der Waals surface area contributed by atoms with E-state index >= 15 is 0 Å². The number of unbranched alkanes of at least 4 members (excludes halogenated alkanes) is 2. The number of aromatic amines is 1. The molecule has 0 aliphatic carbocycles. The Balaban J connectivity index is 2.14. The lowest BCUT2D eigenvalue weighted by Crippen LogP contribution is -2.57. The standard InChI is InChI=1S/C28H45N7O5S/c1-41-15-12-23(33-25(36)20(31)9-4-6-13-29)27(38)34-22(11-5-7-14-30)26(37)35-24(28(39)40)16-18-17-32-21-10-3-2-8-19(18)21/h2-3,8,10,17,20,22-24,32H,4-7,9,11-16,29-31H2,1H3,(H,33,36)(H,34,38)(H,35,37)(H,39,40). The van der Waals surface area contributed by atoms with E-state index < -0.39 is 47.9 Å². The van der Waals surface area contributed by atoms with Gasteiger partial charge in [-0.1, -0.05) is 24.6 Å². The Morgan fingerprint density at radius 1 is 0.854 bits per heavy atom. The van der Waals surface area contributed by atoms with Gasteiger partial charge in [-0.05, 0) is 75.3 Å². The minimum absolute atomic E-state index is 0.0585. The maximum atomic E-state index is 13.3. The van der Waals surface area contributed by atoms with Gasteiger partial charge in [0, 0.05) is 23.5 Å². The highest BCUT2D eigenvalue weighted by molar-refractivity contribution is 7.98. The molecule has 0 fully saturated rings. The zero-order valence-corrected chi connectivity index (χ0v) is 24.5. The van der Waals surface area contributed by atoms with Crippen molar-refractivity contribution >= 4 is 46.4 Å². The summed E-state index contributed by atoms with van der Waals surface area (Å²) < 4.78 is 0. The number of thioether (sulfide) groups is 1. The van der Waals surface area contributed by atoms with E-state index in [0.29, 0.717) is 50.9 Å². The van der Waals surface area contributed by atoms with Crippen LogP contribution in [0, 0.1) is 0 Å². The molecule has 2 rings (SSSR count). The Hall–Kier alpha value is -3.13. The predicted molar refractivity (Wildman–Crippen MR) is 162 cm³/mol. The highest BCUT2D eigenvalue weighted by Gasteiger charge is 2.30. The van der Waals surface area contributed by atoms with Crippen molar-refractivity contribution in [2.75, 3.05) is 25.1 Å². The molecule has 41 heavy (non-hydrogen) atoms. The van der Waals surface area contributed by atoms with E-state index in [1.165, 1.54) is 11.8 Å². The number of rotatable bonds is 20. The average Bonchev–Trinajstić information content (AvgIpc) is 3.36. The number of carbonyl (C=O) groups is 4. The second-order valence-corrected chi connectivity index (χ2v) is 11.0. The number of amides is 3. The number of carboxylic acids is 1. The van der Waals surface area contributed by atoms with Crippen LogP contribution in [0.3, 0.4) is 0 Å². The van der Waals surface area contributed by atoms with Crippen LogP contribution in [0.25, 0.3) is 10.9 Å². The largest absolute Gasteiger partial charge is 0.480 e. The van der Waals surface area contributed by atoms with E-state index in [2.05, 4.69) is 20.9 Å². The van der Waals surface area contributed by atoms with Gasteiger partial charge in [0.25, 0.3) is 0 Å². The summed E-state index contributed by atoms with van der Waals surface area (Å²) in [4.78, 5) is 54.6. The molecule has 11 N–H and O–H groups in total. The molecular weight excluding hydrogens is 546 g/mol. The summed E-state index contributed by atoms with van der Waals surface area (Å²) in [6.07, 6.45) is 7.32. The second-order valence-electron chi connectivity index (χ2n) is 10.0. The molecule has 12 nitrogen and oxygen atoms in total. The molecule has 0 spiro atoms. The van der Waals surface area contributed by atoms with Gasteiger partial charge < -0.3 is 43.2 Å². The van der Waals surface area contributed by atoms with Crippen LogP contribution in [0.5, 0.6) is 0 Å². The van der Waals surface area contributed by atoms with Crippen LogP contribution in [0.4, 0.5) is 0 Å². The van der Waals surface area contributed by atoms with Crippen LogP contribution in [0.1, 0.15) is 50.5 Å². The summed E-state index contributed by atoms with van der Waals surface area (Å²) in [6.45, 7) is 0.917. The van der Waals surface area contributed by atoms with Crippen LogP contribution in [-0.2, 0) is 25.6 Å². The topological polar surface area (TPSA) is 218 Å². The van der Waals surface area contributed by atoms with E-state index in [1.807, 2.05) is 30.5 Å². The van der Waals surface area contributed by atoms with Gasteiger partial charge in [0.2, 0.25) is 17.7 Å². The molecule has 0 bridgehead atoms. The normalized spacial score (nSPS) is 14.1. The number of benzene rings is 1. The monoisotopic (exact) mass is 591 g/mol. The Labute approximate surface area is 245 Å². The third-order valence-electron chi connectivity index (χ3n) is 6.84.